The molecule has 15 heteroatoms. The summed E-state index contributed by atoms with van der Waals surface area (Å²) in [6, 6.07) is 14.5. The Kier molecular flexibility index (Phi) is 9.33. The number of fused-ring (bicyclic) bond motifs is 4. The van der Waals surface area contributed by atoms with E-state index < -0.39 is 24.3 Å². The number of piperidine rings is 2. The average Bonchev–Trinajstić information content (AvgIpc) is 4.09. The molecule has 7 fully saturated rings. The summed E-state index contributed by atoms with van der Waals surface area (Å²) in [5.41, 5.74) is 5.54. The van der Waals surface area contributed by atoms with E-state index in [1.165, 1.54) is 14.2 Å². The van der Waals surface area contributed by atoms with Crippen LogP contribution in [0.25, 0.3) is 33.6 Å². The number of aromatic amines is 2. The van der Waals surface area contributed by atoms with E-state index in [-0.39, 0.29) is 59.3 Å². The third-order valence-electron chi connectivity index (χ3n) is 13.7. The van der Waals surface area contributed by atoms with Crippen LogP contribution in [0, 0.1) is 17.3 Å². The van der Waals surface area contributed by atoms with Crippen LogP contribution in [0.2, 0.25) is 0 Å². The molecule has 3 aliphatic heterocycles. The molecule has 2 aromatic carbocycles. The number of alkyl carbamates (subject to hydrolysis) is 1. The number of carbonyl (C=O) groups is 4. The van der Waals surface area contributed by atoms with Gasteiger partial charge in [-0.05, 0) is 79.0 Å². The van der Waals surface area contributed by atoms with Gasteiger partial charge in [0.25, 0.3) is 0 Å². The number of nitrogens with zero attached hydrogens (tertiary/aromatic N) is 4. The van der Waals surface area contributed by atoms with Gasteiger partial charge >= 0.3 is 12.2 Å². The molecule has 3 saturated heterocycles. The second kappa shape index (κ2) is 14.3. The quantitative estimate of drug-likeness (QED) is 0.114. The van der Waals surface area contributed by atoms with Crippen molar-refractivity contribution in [2.24, 2.45) is 17.3 Å². The minimum atomic E-state index is -1.19. The number of likely N-dealkylation sites (tertiary alicyclic amines) is 1. The number of nitrogens with one attached hydrogen (secondary N) is 4. The van der Waals surface area contributed by atoms with Gasteiger partial charge in [0.15, 0.2) is 0 Å². The Morgan fingerprint density at radius 1 is 0.845 bits per heavy atom. The lowest BCUT2D eigenvalue weighted by atomic mass is 9.67. The first-order valence-corrected chi connectivity index (χ1v) is 20.2. The van der Waals surface area contributed by atoms with Crippen molar-refractivity contribution in [1.29, 1.82) is 0 Å². The maximum atomic E-state index is 14.0. The monoisotopic (exact) mass is 790 g/mol. The molecule has 6 atom stereocenters. The van der Waals surface area contributed by atoms with Gasteiger partial charge in [-0.3, -0.25) is 9.59 Å². The van der Waals surface area contributed by atoms with Gasteiger partial charge in [-0.1, -0.05) is 62.4 Å². The number of benzene rings is 2. The van der Waals surface area contributed by atoms with Crippen LogP contribution in [0.4, 0.5) is 9.59 Å². The first kappa shape index (κ1) is 37.9. The van der Waals surface area contributed by atoms with E-state index >= 15 is 0 Å². The fourth-order valence-corrected chi connectivity index (χ4v) is 11.2. The van der Waals surface area contributed by atoms with Gasteiger partial charge in [0.1, 0.15) is 23.7 Å². The SMILES string of the molecule is COC[C@H](NC(=O)OC)C(=O)N1[C@@H]2CC[C@@H](C2)[C@H]1c1ncc(-c2ccc(-c3ccc(-c4cnc([C@H]5N(C(=O)[C@@H](NC(=O)O)C(C)C)C67CCC5(C6)C7)[nH]4)cc3)cc2)[nH]1. The lowest BCUT2D eigenvalue weighted by Gasteiger charge is -2.40. The predicted octanol–water partition coefficient (Wildman–Crippen LogP) is 6.05. The van der Waals surface area contributed by atoms with E-state index in [0.717, 1.165) is 90.2 Å². The topological polar surface area (TPSA) is 195 Å². The molecule has 7 aliphatic rings. The molecule has 4 amide bonds. The first-order valence-electron chi connectivity index (χ1n) is 20.2. The molecule has 2 aromatic heterocycles. The number of methoxy groups -OCH3 is 2. The van der Waals surface area contributed by atoms with Crippen molar-refractivity contribution in [3.63, 3.8) is 0 Å². The first-order chi connectivity index (χ1) is 27.9. The number of rotatable bonds is 12. The molecule has 4 saturated carbocycles. The van der Waals surface area contributed by atoms with E-state index in [2.05, 4.69) is 69.1 Å². The van der Waals surface area contributed by atoms with Crippen LogP contribution in [-0.4, -0.2) is 103 Å². The van der Waals surface area contributed by atoms with Crippen LogP contribution < -0.4 is 10.6 Å². The molecule has 15 nitrogen and oxygen atoms in total. The highest BCUT2D eigenvalue weighted by molar-refractivity contribution is 5.88. The summed E-state index contributed by atoms with van der Waals surface area (Å²) in [7, 11) is 2.77. The maximum Gasteiger partial charge on any atom is 0.407 e. The van der Waals surface area contributed by atoms with E-state index in [1.54, 1.807) is 0 Å². The van der Waals surface area contributed by atoms with Crippen molar-refractivity contribution in [2.75, 3.05) is 20.8 Å². The lowest BCUT2D eigenvalue weighted by molar-refractivity contribution is -0.141. The van der Waals surface area contributed by atoms with Gasteiger partial charge < -0.3 is 45.0 Å². The van der Waals surface area contributed by atoms with Gasteiger partial charge in [0, 0.05) is 24.1 Å². The minimum Gasteiger partial charge on any atom is -0.465 e. The normalized spacial score (nSPS) is 27.4. The molecule has 58 heavy (non-hydrogen) atoms. The number of carbonyl (C=O) groups excluding carboxylic acids is 3. The van der Waals surface area contributed by atoms with E-state index in [1.807, 2.05) is 36.0 Å². The summed E-state index contributed by atoms with van der Waals surface area (Å²) in [6.45, 7) is 3.78. The van der Waals surface area contributed by atoms with Gasteiger partial charge in [0.05, 0.1) is 49.6 Å². The maximum absolute atomic E-state index is 14.0. The summed E-state index contributed by atoms with van der Waals surface area (Å²) in [5, 5.41) is 14.6. The number of H-pyrrole nitrogens is 2. The number of amides is 4. The fraction of sp³-hybridized carbons (Fsp3) is 0.488. The van der Waals surface area contributed by atoms with Gasteiger partial charge in [0.2, 0.25) is 11.8 Å². The third kappa shape index (κ3) is 6.12. The highest BCUT2D eigenvalue weighted by Crippen LogP contribution is 2.77. The average molecular weight is 791 g/mol. The number of ether oxygens (including phenoxy) is 2. The van der Waals surface area contributed by atoms with Gasteiger partial charge in [-0.25, -0.2) is 19.6 Å². The number of aromatic nitrogens is 4. The Bertz CT molecular complexity index is 2230. The van der Waals surface area contributed by atoms with E-state index in [9.17, 15) is 24.3 Å². The molecule has 4 aliphatic carbocycles. The molecule has 0 radical (unpaired) electrons. The van der Waals surface area contributed by atoms with Crippen molar-refractivity contribution >= 4 is 24.0 Å². The molecule has 11 rings (SSSR count). The van der Waals surface area contributed by atoms with Crippen LogP contribution in [0.5, 0.6) is 0 Å². The van der Waals surface area contributed by atoms with Crippen molar-refractivity contribution in [1.82, 2.24) is 40.4 Å². The molecular formula is C43H50N8O7. The Hall–Kier alpha value is -5.70. The van der Waals surface area contributed by atoms with Gasteiger partial charge in [-0.15, -0.1) is 0 Å². The van der Waals surface area contributed by atoms with Crippen molar-refractivity contribution < 1.29 is 33.8 Å². The predicted molar refractivity (Wildman–Crippen MR) is 212 cm³/mol. The smallest absolute Gasteiger partial charge is 0.407 e. The summed E-state index contributed by atoms with van der Waals surface area (Å²) in [5.74, 6) is 1.22. The molecule has 4 bridgehead atoms. The number of hydrogen-bond acceptors (Lipinski definition) is 8. The van der Waals surface area contributed by atoms with Crippen LogP contribution in [0.15, 0.2) is 60.9 Å². The summed E-state index contributed by atoms with van der Waals surface area (Å²) in [4.78, 5) is 71.9. The zero-order valence-electron chi connectivity index (χ0n) is 33.2. The Morgan fingerprint density at radius 2 is 1.45 bits per heavy atom. The van der Waals surface area contributed by atoms with Crippen molar-refractivity contribution in [2.45, 2.75) is 94.5 Å². The number of hydrogen-bond donors (Lipinski definition) is 5. The van der Waals surface area contributed by atoms with E-state index in [4.69, 9.17) is 19.4 Å². The van der Waals surface area contributed by atoms with Gasteiger partial charge in [-0.2, -0.15) is 0 Å². The Labute approximate surface area is 336 Å². The number of carboxylic acid groups (broad SMARTS) is 1. The zero-order valence-corrected chi connectivity index (χ0v) is 33.2. The third-order valence-corrected chi connectivity index (χ3v) is 13.7. The molecule has 0 unspecified atom stereocenters. The van der Waals surface area contributed by atoms with Crippen molar-refractivity contribution in [3.8, 4) is 33.6 Å². The second-order valence-electron chi connectivity index (χ2n) is 17.3. The fourth-order valence-electron chi connectivity index (χ4n) is 11.2. The summed E-state index contributed by atoms with van der Waals surface area (Å²) in [6.07, 6.45) is 8.47. The standard InChI is InChI=1S/C43H50N8O7/c1-23(2)33(49-40(54)55)39(53)51-35(42-15-16-43(51,21-42)22-42)37-45-19-31(47-37)27-11-7-25(8-12-27)24-5-9-26(10-6-24)30-18-44-36(46-30)34-28-13-14-29(17-28)50(34)38(52)32(20-57-3)48-41(56)58-4/h5-12,18-19,23,28-29,32-35,49H,13-17,20-22H2,1-4H3,(H,44,46)(H,45,47)(H,48,56)(H,54,55)/t28-,29+,32-,33-,34-,35+,42?,43?/m0/s1. The molecule has 4 aromatic rings. The molecule has 304 valence electrons. The van der Waals surface area contributed by atoms with E-state index in [0.29, 0.717) is 0 Å². The summed E-state index contributed by atoms with van der Waals surface area (Å²) >= 11 is 0. The largest absolute Gasteiger partial charge is 0.465 e. The highest BCUT2D eigenvalue weighted by atomic mass is 16.5. The van der Waals surface area contributed by atoms with Crippen LogP contribution in [-0.2, 0) is 19.1 Å². The van der Waals surface area contributed by atoms with Crippen LogP contribution in [0.3, 0.4) is 0 Å². The molecule has 5 N–H and O–H groups in total. The second-order valence-corrected chi connectivity index (χ2v) is 17.3. The minimum absolute atomic E-state index is 0.0168. The molecule has 5 heterocycles. The summed E-state index contributed by atoms with van der Waals surface area (Å²) < 4.78 is 10.0. The molecular weight excluding hydrogens is 741 g/mol. The Balaban J connectivity index is 0.891. The van der Waals surface area contributed by atoms with Crippen LogP contribution in [0.1, 0.15) is 82.5 Å². The van der Waals surface area contributed by atoms with Crippen LogP contribution >= 0.6 is 0 Å². The highest BCUT2D eigenvalue weighted by Gasteiger charge is 2.77. The number of imidazole rings is 2. The Morgan fingerprint density at radius 3 is 2.03 bits per heavy atom. The zero-order chi connectivity index (χ0) is 40.5. The molecule has 0 spiro atoms. The van der Waals surface area contributed by atoms with Crippen molar-refractivity contribution in [3.05, 3.63) is 72.6 Å². The lowest BCUT2D eigenvalue weighted by Crippen LogP contribution is -2.56.